The minimum atomic E-state index is -0.745. The highest BCUT2D eigenvalue weighted by Crippen LogP contribution is 2.26. The second-order valence-electron chi connectivity index (χ2n) is 6.83. The molecular formula is C21H24FN3O4. The van der Waals surface area contributed by atoms with Crippen molar-refractivity contribution in [2.75, 3.05) is 6.61 Å². The smallest absolute Gasteiger partial charge is 0.350 e. The van der Waals surface area contributed by atoms with Crippen LogP contribution in [0.5, 0.6) is 0 Å². The van der Waals surface area contributed by atoms with Crippen LogP contribution in [0.2, 0.25) is 0 Å². The Bertz CT molecular complexity index is 1170. The Labute approximate surface area is 167 Å². The zero-order valence-electron chi connectivity index (χ0n) is 16.8. The summed E-state index contributed by atoms with van der Waals surface area (Å²) in [5.74, 6) is -0.328. The van der Waals surface area contributed by atoms with Crippen LogP contribution in [0.3, 0.4) is 0 Å². The molecule has 0 bridgehead atoms. The molecule has 0 aliphatic heterocycles. The van der Waals surface area contributed by atoms with E-state index in [0.717, 1.165) is 23.6 Å². The lowest BCUT2D eigenvalue weighted by Crippen LogP contribution is -2.24. The van der Waals surface area contributed by atoms with Gasteiger partial charge in [0.2, 0.25) is 0 Å². The second kappa shape index (κ2) is 8.57. The van der Waals surface area contributed by atoms with E-state index >= 15 is 0 Å². The van der Waals surface area contributed by atoms with Gasteiger partial charge in [0.25, 0.3) is 0 Å². The van der Waals surface area contributed by atoms with Crippen LogP contribution >= 0.6 is 0 Å². The molecule has 0 radical (unpaired) electrons. The van der Waals surface area contributed by atoms with Crippen LogP contribution in [0.25, 0.3) is 22.0 Å². The number of rotatable bonds is 8. The SMILES string of the molecule is C=C(C)c1coc(=O)c2cc(F)c(-n3nc(COCCCC)n(CC)c3=O)cc12. The largest absolute Gasteiger partial charge is 0.430 e. The van der Waals surface area contributed by atoms with Gasteiger partial charge in [-0.05, 0) is 38.0 Å². The molecule has 0 fully saturated rings. The molecule has 0 aliphatic carbocycles. The van der Waals surface area contributed by atoms with Crippen LogP contribution in [0.1, 0.15) is 45.0 Å². The molecule has 0 unspecified atom stereocenters. The van der Waals surface area contributed by atoms with Crippen molar-refractivity contribution in [3.05, 3.63) is 63.1 Å². The molecular weight excluding hydrogens is 377 g/mol. The van der Waals surface area contributed by atoms with Gasteiger partial charge < -0.3 is 9.15 Å². The summed E-state index contributed by atoms with van der Waals surface area (Å²) in [6.45, 7) is 10.6. The average Bonchev–Trinajstić information content (AvgIpc) is 3.00. The van der Waals surface area contributed by atoms with Gasteiger partial charge in [-0.25, -0.2) is 14.0 Å². The van der Waals surface area contributed by atoms with E-state index in [9.17, 15) is 14.0 Å². The zero-order chi connectivity index (χ0) is 21.1. The number of unbranched alkanes of at least 4 members (excludes halogenated alkanes) is 1. The maximum Gasteiger partial charge on any atom is 0.350 e. The Morgan fingerprint density at radius 2 is 2.03 bits per heavy atom. The third-order valence-corrected chi connectivity index (χ3v) is 4.70. The van der Waals surface area contributed by atoms with E-state index in [1.165, 1.54) is 16.9 Å². The average molecular weight is 401 g/mol. The standard InChI is InChI=1S/C21H24FN3O4/c1-5-7-8-28-12-19-23-25(21(27)24(19)6-2)18-10-14-15(9-17(18)22)20(26)29-11-16(14)13(3)4/h9-11H,3,5-8,12H2,1-2,4H3. The molecule has 0 amide bonds. The minimum absolute atomic E-state index is 0.0439. The van der Waals surface area contributed by atoms with Crippen molar-refractivity contribution in [3.63, 3.8) is 0 Å². The Morgan fingerprint density at radius 1 is 1.28 bits per heavy atom. The van der Waals surface area contributed by atoms with Crippen molar-refractivity contribution in [1.29, 1.82) is 0 Å². The molecule has 0 saturated heterocycles. The normalized spacial score (nSPS) is 11.3. The number of ether oxygens (including phenoxy) is 1. The number of aromatic nitrogens is 3. The first kappa shape index (κ1) is 20.7. The van der Waals surface area contributed by atoms with E-state index < -0.39 is 17.1 Å². The summed E-state index contributed by atoms with van der Waals surface area (Å²) in [6.07, 6.45) is 3.19. The summed E-state index contributed by atoms with van der Waals surface area (Å²) in [6, 6.07) is 2.50. The fourth-order valence-electron chi connectivity index (χ4n) is 3.11. The molecule has 8 heteroatoms. The molecule has 0 aliphatic rings. The van der Waals surface area contributed by atoms with Gasteiger partial charge in [-0.3, -0.25) is 4.57 Å². The number of hydrogen-bond donors (Lipinski definition) is 0. The molecule has 2 heterocycles. The molecule has 0 saturated carbocycles. The predicted octanol–water partition coefficient (Wildman–Crippen LogP) is 3.65. The summed E-state index contributed by atoms with van der Waals surface area (Å²) >= 11 is 0. The van der Waals surface area contributed by atoms with Crippen molar-refractivity contribution in [3.8, 4) is 5.69 Å². The van der Waals surface area contributed by atoms with E-state index in [1.54, 1.807) is 6.92 Å². The van der Waals surface area contributed by atoms with E-state index in [0.29, 0.717) is 35.5 Å². The first-order chi connectivity index (χ1) is 13.9. The topological polar surface area (TPSA) is 79.3 Å². The van der Waals surface area contributed by atoms with Gasteiger partial charge in [0.05, 0.1) is 5.39 Å². The molecule has 29 heavy (non-hydrogen) atoms. The van der Waals surface area contributed by atoms with Gasteiger partial charge in [-0.1, -0.05) is 19.9 Å². The summed E-state index contributed by atoms with van der Waals surface area (Å²) in [5.41, 5.74) is 0.0314. The molecule has 7 nitrogen and oxygen atoms in total. The number of hydrogen-bond acceptors (Lipinski definition) is 5. The van der Waals surface area contributed by atoms with Crippen molar-refractivity contribution in [2.24, 2.45) is 0 Å². The minimum Gasteiger partial charge on any atom is -0.430 e. The Hall–Kier alpha value is -3.00. The van der Waals surface area contributed by atoms with E-state index in [-0.39, 0.29) is 17.7 Å². The van der Waals surface area contributed by atoms with Crippen LogP contribution in [0.4, 0.5) is 4.39 Å². The van der Waals surface area contributed by atoms with Crippen LogP contribution in [-0.2, 0) is 17.9 Å². The lowest BCUT2D eigenvalue weighted by Gasteiger charge is -2.08. The number of benzene rings is 1. The van der Waals surface area contributed by atoms with Crippen LogP contribution in [0, 0.1) is 5.82 Å². The highest BCUT2D eigenvalue weighted by Gasteiger charge is 2.19. The van der Waals surface area contributed by atoms with Gasteiger partial charge in [0.1, 0.15) is 24.4 Å². The number of halogens is 1. The number of allylic oxidation sites excluding steroid dienone is 1. The summed E-state index contributed by atoms with van der Waals surface area (Å²) in [5, 5.41) is 4.82. The van der Waals surface area contributed by atoms with Crippen LogP contribution < -0.4 is 11.3 Å². The monoisotopic (exact) mass is 401 g/mol. The van der Waals surface area contributed by atoms with Crippen molar-refractivity contribution < 1.29 is 13.5 Å². The Morgan fingerprint density at radius 3 is 2.69 bits per heavy atom. The van der Waals surface area contributed by atoms with Gasteiger partial charge >= 0.3 is 11.3 Å². The summed E-state index contributed by atoms with van der Waals surface area (Å²) < 4.78 is 27.9. The molecule has 3 rings (SSSR count). The van der Waals surface area contributed by atoms with Crippen molar-refractivity contribution in [2.45, 2.75) is 46.8 Å². The van der Waals surface area contributed by atoms with Crippen LogP contribution in [0.15, 0.2) is 39.0 Å². The molecule has 0 N–H and O–H groups in total. The lowest BCUT2D eigenvalue weighted by molar-refractivity contribution is 0.110. The van der Waals surface area contributed by atoms with E-state index in [2.05, 4.69) is 18.6 Å². The fraction of sp³-hybridized carbons (Fsp3) is 0.381. The quantitative estimate of drug-likeness (QED) is 0.539. The fourth-order valence-corrected chi connectivity index (χ4v) is 3.11. The molecule has 154 valence electrons. The molecule has 1 aromatic carbocycles. The third-order valence-electron chi connectivity index (χ3n) is 4.70. The predicted molar refractivity (Wildman–Crippen MR) is 109 cm³/mol. The van der Waals surface area contributed by atoms with Crippen molar-refractivity contribution >= 4 is 16.3 Å². The summed E-state index contributed by atoms with van der Waals surface area (Å²) in [4.78, 5) is 24.9. The zero-order valence-corrected chi connectivity index (χ0v) is 16.8. The second-order valence-corrected chi connectivity index (χ2v) is 6.83. The van der Waals surface area contributed by atoms with Gasteiger partial charge in [-0.15, -0.1) is 5.10 Å². The summed E-state index contributed by atoms with van der Waals surface area (Å²) in [7, 11) is 0. The highest BCUT2D eigenvalue weighted by atomic mass is 19.1. The number of nitrogens with zero attached hydrogens (tertiary/aromatic N) is 3. The van der Waals surface area contributed by atoms with Crippen LogP contribution in [-0.4, -0.2) is 21.0 Å². The molecule has 0 spiro atoms. The molecule has 3 aromatic rings. The van der Waals surface area contributed by atoms with E-state index in [4.69, 9.17) is 9.15 Å². The van der Waals surface area contributed by atoms with E-state index in [1.807, 2.05) is 6.92 Å². The lowest BCUT2D eigenvalue weighted by atomic mass is 10.0. The van der Waals surface area contributed by atoms with Crippen molar-refractivity contribution in [1.82, 2.24) is 14.3 Å². The first-order valence-electron chi connectivity index (χ1n) is 9.56. The van der Waals surface area contributed by atoms with Gasteiger partial charge in [0.15, 0.2) is 5.82 Å². The molecule has 2 aromatic heterocycles. The maximum absolute atomic E-state index is 14.9. The first-order valence-corrected chi connectivity index (χ1v) is 9.56. The Balaban J connectivity index is 2.15. The Kier molecular flexibility index (Phi) is 6.12. The highest BCUT2D eigenvalue weighted by molar-refractivity contribution is 5.93. The third kappa shape index (κ3) is 3.93. The van der Waals surface area contributed by atoms with Gasteiger partial charge in [0, 0.05) is 24.1 Å². The number of fused-ring (bicyclic) bond motifs is 1. The van der Waals surface area contributed by atoms with Gasteiger partial charge in [-0.2, -0.15) is 4.68 Å². The molecule has 0 atom stereocenters. The maximum atomic E-state index is 14.9.